The van der Waals surface area contributed by atoms with Gasteiger partial charge in [-0.3, -0.25) is 10.2 Å². The molecular formula is C18H17FN4O3S. The quantitative estimate of drug-likeness (QED) is 0.552. The maximum Gasteiger partial charge on any atom is 0.344 e. The van der Waals surface area contributed by atoms with E-state index in [1.807, 2.05) is 0 Å². The Labute approximate surface area is 160 Å². The number of imide groups is 1. The van der Waals surface area contributed by atoms with Gasteiger partial charge in [-0.05, 0) is 61.1 Å². The smallest absolute Gasteiger partial charge is 0.344 e. The van der Waals surface area contributed by atoms with Gasteiger partial charge in [-0.2, -0.15) is 5.01 Å². The number of rotatable bonds is 4. The molecule has 0 radical (unpaired) electrons. The van der Waals surface area contributed by atoms with E-state index in [1.54, 1.807) is 38.3 Å². The molecule has 1 aliphatic heterocycles. The number of hydrogen-bond acceptors (Lipinski definition) is 4. The van der Waals surface area contributed by atoms with Crippen LogP contribution < -0.4 is 20.8 Å². The van der Waals surface area contributed by atoms with Gasteiger partial charge in [-0.25, -0.2) is 9.18 Å². The number of nitrogens with one attached hydrogen (secondary N) is 3. The third-order valence-electron chi connectivity index (χ3n) is 4.17. The van der Waals surface area contributed by atoms with E-state index in [2.05, 4.69) is 16.1 Å². The summed E-state index contributed by atoms with van der Waals surface area (Å²) >= 11 is 5.13. The first kappa shape index (κ1) is 18.6. The van der Waals surface area contributed by atoms with Crippen LogP contribution in [0.1, 0.15) is 12.5 Å². The normalized spacial score (nSPS) is 18.9. The second-order valence-corrected chi connectivity index (χ2v) is 6.41. The van der Waals surface area contributed by atoms with E-state index in [-0.39, 0.29) is 10.9 Å². The number of nitrogens with zero attached hydrogens (tertiary/aromatic N) is 1. The van der Waals surface area contributed by atoms with Gasteiger partial charge in [-0.1, -0.05) is 12.1 Å². The summed E-state index contributed by atoms with van der Waals surface area (Å²) in [5.74, 6) is -0.261. The van der Waals surface area contributed by atoms with Gasteiger partial charge in [0.25, 0.3) is 5.91 Å². The second-order valence-electron chi connectivity index (χ2n) is 6.00. The number of hydrazine groups is 1. The zero-order valence-electron chi connectivity index (χ0n) is 14.6. The summed E-state index contributed by atoms with van der Waals surface area (Å²) in [4.78, 5) is 25.1. The minimum Gasteiger partial charge on any atom is -0.497 e. The third kappa shape index (κ3) is 3.68. The van der Waals surface area contributed by atoms with Crippen LogP contribution in [-0.2, 0) is 10.3 Å². The van der Waals surface area contributed by atoms with E-state index in [0.717, 1.165) is 5.01 Å². The molecule has 140 valence electrons. The van der Waals surface area contributed by atoms with Gasteiger partial charge in [-0.15, -0.1) is 0 Å². The number of ether oxygens (including phenoxy) is 1. The topological polar surface area (TPSA) is 82.7 Å². The largest absolute Gasteiger partial charge is 0.497 e. The number of thiocarbonyl (C=S) groups is 1. The molecule has 7 nitrogen and oxygen atoms in total. The molecule has 1 fully saturated rings. The first-order valence-corrected chi connectivity index (χ1v) is 8.39. The second kappa shape index (κ2) is 7.20. The maximum absolute atomic E-state index is 13.0. The molecule has 1 atom stereocenters. The predicted molar refractivity (Wildman–Crippen MR) is 101 cm³/mol. The van der Waals surface area contributed by atoms with Gasteiger partial charge < -0.3 is 15.4 Å². The minimum atomic E-state index is -1.25. The zero-order valence-corrected chi connectivity index (χ0v) is 15.4. The summed E-state index contributed by atoms with van der Waals surface area (Å²) in [5.41, 5.74) is 2.43. The van der Waals surface area contributed by atoms with Crippen LogP contribution in [0.25, 0.3) is 0 Å². The maximum atomic E-state index is 13.0. The number of amides is 3. The molecular weight excluding hydrogens is 371 g/mol. The van der Waals surface area contributed by atoms with E-state index in [4.69, 9.17) is 17.0 Å². The van der Waals surface area contributed by atoms with Crippen molar-refractivity contribution in [3.8, 4) is 5.75 Å². The number of hydrogen-bond donors (Lipinski definition) is 3. The first-order chi connectivity index (χ1) is 12.8. The van der Waals surface area contributed by atoms with Crippen LogP contribution in [0.3, 0.4) is 0 Å². The molecule has 3 rings (SSSR count). The van der Waals surface area contributed by atoms with Gasteiger partial charge in [0.15, 0.2) is 5.11 Å². The van der Waals surface area contributed by atoms with Crippen LogP contribution in [0.4, 0.5) is 14.9 Å². The number of benzene rings is 2. The van der Waals surface area contributed by atoms with Crippen LogP contribution >= 0.6 is 12.2 Å². The van der Waals surface area contributed by atoms with Crippen LogP contribution in [0.2, 0.25) is 0 Å². The molecule has 1 saturated heterocycles. The van der Waals surface area contributed by atoms with Crippen molar-refractivity contribution in [3.63, 3.8) is 0 Å². The lowest BCUT2D eigenvalue weighted by Gasteiger charge is -2.23. The summed E-state index contributed by atoms with van der Waals surface area (Å²) in [6.45, 7) is 1.60. The summed E-state index contributed by atoms with van der Waals surface area (Å²) in [6.07, 6.45) is 0. The lowest BCUT2D eigenvalue weighted by molar-refractivity contribution is -0.132. The Morgan fingerprint density at radius 2 is 1.78 bits per heavy atom. The van der Waals surface area contributed by atoms with Gasteiger partial charge >= 0.3 is 6.03 Å². The Morgan fingerprint density at radius 1 is 1.15 bits per heavy atom. The number of urea groups is 1. The average molecular weight is 388 g/mol. The minimum absolute atomic E-state index is 0.0177. The van der Waals surface area contributed by atoms with E-state index in [1.165, 1.54) is 24.3 Å². The molecule has 27 heavy (non-hydrogen) atoms. The molecule has 0 saturated carbocycles. The summed E-state index contributed by atoms with van der Waals surface area (Å²) in [7, 11) is 1.54. The monoisotopic (exact) mass is 388 g/mol. The van der Waals surface area contributed by atoms with E-state index >= 15 is 0 Å². The molecule has 3 amide bonds. The molecule has 0 aromatic heterocycles. The Morgan fingerprint density at radius 3 is 2.37 bits per heavy atom. The molecule has 0 spiro atoms. The van der Waals surface area contributed by atoms with Gasteiger partial charge in [0, 0.05) is 5.69 Å². The van der Waals surface area contributed by atoms with Crippen molar-refractivity contribution in [2.75, 3.05) is 12.4 Å². The number of anilines is 1. The number of halogens is 1. The average Bonchev–Trinajstić information content (AvgIpc) is 2.88. The fourth-order valence-electron chi connectivity index (χ4n) is 2.65. The molecule has 1 heterocycles. The summed E-state index contributed by atoms with van der Waals surface area (Å²) < 4.78 is 18.1. The number of carbonyl (C=O) groups excluding carboxylic acids is 2. The van der Waals surface area contributed by atoms with E-state index in [9.17, 15) is 14.0 Å². The predicted octanol–water partition coefficient (Wildman–Crippen LogP) is 2.50. The van der Waals surface area contributed by atoms with E-state index in [0.29, 0.717) is 17.0 Å². The molecule has 0 aliphatic carbocycles. The van der Waals surface area contributed by atoms with Gasteiger partial charge in [0.05, 0.1) is 7.11 Å². The van der Waals surface area contributed by atoms with Crippen molar-refractivity contribution in [3.05, 3.63) is 59.9 Å². The highest BCUT2D eigenvalue weighted by atomic mass is 32.1. The molecule has 9 heteroatoms. The molecule has 1 aliphatic rings. The fraction of sp³-hybridized carbons (Fsp3) is 0.167. The number of methoxy groups -OCH3 is 1. The van der Waals surface area contributed by atoms with Crippen molar-refractivity contribution in [1.29, 1.82) is 0 Å². The third-order valence-corrected chi connectivity index (χ3v) is 4.37. The van der Waals surface area contributed by atoms with Crippen LogP contribution in [0.15, 0.2) is 48.5 Å². The van der Waals surface area contributed by atoms with Crippen molar-refractivity contribution >= 4 is 35.0 Å². The van der Waals surface area contributed by atoms with Crippen molar-refractivity contribution in [1.82, 2.24) is 15.8 Å². The number of carbonyl (C=O) groups is 2. The van der Waals surface area contributed by atoms with Crippen LogP contribution in [0, 0.1) is 5.82 Å². The zero-order chi connectivity index (χ0) is 19.6. The van der Waals surface area contributed by atoms with Crippen LogP contribution in [-0.4, -0.2) is 29.2 Å². The van der Waals surface area contributed by atoms with Crippen LogP contribution in [0.5, 0.6) is 5.75 Å². The fourth-order valence-corrected chi connectivity index (χ4v) is 2.86. The van der Waals surface area contributed by atoms with Crippen molar-refractivity contribution in [2.24, 2.45) is 0 Å². The highest BCUT2D eigenvalue weighted by Gasteiger charge is 2.49. The molecule has 3 N–H and O–H groups in total. The Balaban J connectivity index is 1.73. The van der Waals surface area contributed by atoms with Gasteiger partial charge in [0.2, 0.25) is 0 Å². The van der Waals surface area contributed by atoms with Crippen molar-refractivity contribution < 1.29 is 18.7 Å². The standard InChI is InChI=1S/C18H17FN4O3S/c1-18(11-3-9-14(26-2)10-4-11)15(24)23(17(25)21-18)22-16(27)20-13-7-5-12(19)6-8-13/h3-10H,1-2H3,(H,21,25)(H2,20,22,27)/t18-/m1/s1. The molecule has 2 aromatic rings. The molecule has 2 aromatic carbocycles. The highest BCUT2D eigenvalue weighted by Crippen LogP contribution is 2.29. The summed E-state index contributed by atoms with van der Waals surface area (Å²) in [5, 5.41) is 6.27. The van der Waals surface area contributed by atoms with Crippen molar-refractivity contribution in [2.45, 2.75) is 12.5 Å². The Hall–Kier alpha value is -3.20. The van der Waals surface area contributed by atoms with Gasteiger partial charge in [0.1, 0.15) is 17.1 Å². The Bertz CT molecular complexity index is 888. The molecule has 0 bridgehead atoms. The first-order valence-electron chi connectivity index (χ1n) is 7.98. The molecule has 0 unspecified atom stereocenters. The summed E-state index contributed by atoms with van der Waals surface area (Å²) in [6, 6.07) is 11.7. The highest BCUT2D eigenvalue weighted by molar-refractivity contribution is 7.80. The Kier molecular flexibility index (Phi) is 4.95. The van der Waals surface area contributed by atoms with E-state index < -0.39 is 17.5 Å². The lowest BCUT2D eigenvalue weighted by Crippen LogP contribution is -2.49. The SMILES string of the molecule is COc1ccc([C@@]2(C)NC(=O)N(NC(=S)Nc3ccc(F)cc3)C2=O)cc1. The lowest BCUT2D eigenvalue weighted by atomic mass is 9.92.